The highest BCUT2D eigenvalue weighted by molar-refractivity contribution is 6.69. The Morgan fingerprint density at radius 3 is 1.86 bits per heavy atom. The van der Waals surface area contributed by atoms with Gasteiger partial charge in [-0.2, -0.15) is 26.3 Å². The van der Waals surface area contributed by atoms with Gasteiger partial charge < -0.3 is 14.0 Å². The summed E-state index contributed by atoms with van der Waals surface area (Å²) < 4.78 is 91.7. The van der Waals surface area contributed by atoms with Crippen molar-refractivity contribution in [3.8, 4) is 0 Å². The molecule has 1 rings (SSSR count). The fourth-order valence-electron chi connectivity index (χ4n) is 2.87. The third-order valence-corrected chi connectivity index (χ3v) is 4.72. The van der Waals surface area contributed by atoms with E-state index >= 15 is 0 Å². The monoisotopic (exact) mass is 430 g/mol. The van der Waals surface area contributed by atoms with E-state index in [2.05, 4.69) is 0 Å². The van der Waals surface area contributed by atoms with Gasteiger partial charge in [0.2, 0.25) is 0 Å². The van der Waals surface area contributed by atoms with Crippen LogP contribution in [0.2, 0.25) is 19.6 Å². The molecule has 0 bridgehead atoms. The van der Waals surface area contributed by atoms with Crippen molar-refractivity contribution in [2.75, 3.05) is 6.61 Å². The van der Waals surface area contributed by atoms with E-state index in [1.165, 1.54) is 26.6 Å². The van der Waals surface area contributed by atoms with Gasteiger partial charge in [0, 0.05) is 13.0 Å². The molecule has 0 radical (unpaired) electrons. The second-order valence-corrected chi connectivity index (χ2v) is 11.8. The fourth-order valence-corrected chi connectivity index (χ4v) is 4.10. The first-order chi connectivity index (χ1) is 12.5. The summed E-state index contributed by atoms with van der Waals surface area (Å²) in [6.07, 6.45) is -10.3. The van der Waals surface area contributed by atoms with Crippen LogP contribution in [0.25, 0.3) is 0 Å². The quantitative estimate of drug-likeness (QED) is 0.292. The van der Waals surface area contributed by atoms with E-state index in [0.717, 1.165) is 19.1 Å². The molecule has 0 aliphatic rings. The molecule has 0 spiro atoms. The molecule has 0 aliphatic heterocycles. The molecule has 28 heavy (non-hydrogen) atoms. The van der Waals surface area contributed by atoms with Crippen LogP contribution in [0.3, 0.4) is 0 Å². The maximum Gasteiger partial charge on any atom is 0.442 e. The number of carbonyl (C=O) groups excluding carboxylic acids is 1. The van der Waals surface area contributed by atoms with Crippen LogP contribution in [0.1, 0.15) is 37.3 Å². The van der Waals surface area contributed by atoms with E-state index in [0.29, 0.717) is 12.1 Å². The summed E-state index contributed by atoms with van der Waals surface area (Å²) in [4.78, 5) is 11.8. The molecule has 0 N–H and O–H groups in total. The van der Waals surface area contributed by atoms with E-state index in [-0.39, 0.29) is 12.2 Å². The number of carbonyl (C=O) groups is 1. The molecule has 160 valence electrons. The van der Waals surface area contributed by atoms with Crippen molar-refractivity contribution < 1.29 is 40.3 Å². The summed E-state index contributed by atoms with van der Waals surface area (Å²) in [5, 5.41) is 0. The largest absolute Gasteiger partial charge is 0.442 e. The molecule has 10 heteroatoms. The average Bonchev–Trinajstić information content (AvgIpc) is 2.49. The molecule has 2 unspecified atom stereocenters. The number of alkyl halides is 6. The predicted octanol–water partition coefficient (Wildman–Crippen LogP) is 5.91. The maximum atomic E-state index is 14.2. The van der Waals surface area contributed by atoms with Crippen molar-refractivity contribution >= 4 is 14.1 Å². The van der Waals surface area contributed by atoms with Crippen molar-refractivity contribution in [1.29, 1.82) is 0 Å². The van der Waals surface area contributed by atoms with Gasteiger partial charge in [0.1, 0.15) is 5.78 Å². The third kappa shape index (κ3) is 6.05. The van der Waals surface area contributed by atoms with Crippen LogP contribution in [-0.2, 0) is 20.1 Å². The van der Waals surface area contributed by atoms with Crippen molar-refractivity contribution in [2.24, 2.45) is 0 Å². The molecular weight excluding hydrogens is 406 g/mol. The molecule has 0 amide bonds. The van der Waals surface area contributed by atoms with Gasteiger partial charge in [-0.3, -0.25) is 0 Å². The molecule has 1 aromatic carbocycles. The first kappa shape index (κ1) is 24.6. The lowest BCUT2D eigenvalue weighted by molar-refractivity contribution is -0.364. The van der Waals surface area contributed by atoms with Gasteiger partial charge in [-0.15, -0.1) is 0 Å². The topological polar surface area (TPSA) is 35.5 Å². The Morgan fingerprint density at radius 1 is 1.04 bits per heavy atom. The number of halogens is 6. The summed E-state index contributed by atoms with van der Waals surface area (Å²) in [5.41, 5.74) is -1.12. The second kappa shape index (κ2) is 8.54. The zero-order valence-corrected chi connectivity index (χ0v) is 17.3. The van der Waals surface area contributed by atoms with Crippen molar-refractivity contribution in [1.82, 2.24) is 0 Å². The zero-order valence-electron chi connectivity index (χ0n) is 16.3. The zero-order chi connectivity index (χ0) is 22.0. The molecule has 0 aliphatic carbocycles. The second-order valence-electron chi connectivity index (χ2n) is 7.39. The third-order valence-electron chi connectivity index (χ3n) is 3.80. The number of rotatable bonds is 8. The predicted molar refractivity (Wildman–Crippen MR) is 94.3 cm³/mol. The number of ketones is 1. The van der Waals surface area contributed by atoms with E-state index in [1.807, 2.05) is 0 Å². The molecule has 2 atom stereocenters. The minimum absolute atomic E-state index is 0.118. The van der Waals surface area contributed by atoms with Crippen LogP contribution in [0.4, 0.5) is 26.3 Å². The lowest BCUT2D eigenvalue weighted by Gasteiger charge is -2.44. The summed E-state index contributed by atoms with van der Waals surface area (Å²) in [6, 6.07) is 3.24. The highest BCUT2D eigenvalue weighted by Crippen LogP contribution is 2.48. The van der Waals surface area contributed by atoms with Gasteiger partial charge in [0.25, 0.3) is 5.79 Å². The first-order valence-electron chi connectivity index (χ1n) is 8.61. The van der Waals surface area contributed by atoms with Crippen LogP contribution in [0.15, 0.2) is 24.3 Å². The van der Waals surface area contributed by atoms with Gasteiger partial charge in [-0.25, -0.2) is 0 Å². The molecule has 0 saturated carbocycles. The summed E-state index contributed by atoms with van der Waals surface area (Å²) >= 11 is 0. The fraction of sp³-hybridized carbons (Fsp3) is 0.611. The molecule has 3 nitrogen and oxygen atoms in total. The van der Waals surface area contributed by atoms with Crippen LogP contribution < -0.4 is 0 Å². The molecular formula is C18H24F6O3Si. The lowest BCUT2D eigenvalue weighted by Crippen LogP contribution is -2.59. The summed E-state index contributed by atoms with van der Waals surface area (Å²) in [6.45, 7) is 6.70. The van der Waals surface area contributed by atoms with E-state index in [1.54, 1.807) is 0 Å². The Balaban J connectivity index is 3.64. The van der Waals surface area contributed by atoms with Gasteiger partial charge in [-0.1, -0.05) is 12.1 Å². The standard InChI is InChI=1S/C18H24F6O3Si/c1-6-26-16(18(22,23)24,27-28(3,4)5)15(11-12(2)25)13-7-9-14(10-8-13)17(19,20)21/h7-10,15H,6,11H2,1-5H3. The van der Waals surface area contributed by atoms with Crippen LogP contribution >= 0.6 is 0 Å². The van der Waals surface area contributed by atoms with E-state index < -0.39 is 50.1 Å². The van der Waals surface area contributed by atoms with Crippen LogP contribution in [-0.4, -0.2) is 32.7 Å². The Hall–Kier alpha value is -1.39. The average molecular weight is 430 g/mol. The van der Waals surface area contributed by atoms with Crippen molar-refractivity contribution in [3.05, 3.63) is 35.4 Å². The SMILES string of the molecule is CCOC(O[Si](C)(C)C)(C(CC(C)=O)c1ccc(C(F)(F)F)cc1)C(F)(F)F. The van der Waals surface area contributed by atoms with Crippen molar-refractivity contribution in [2.45, 2.75) is 64.0 Å². The Kier molecular flexibility index (Phi) is 7.52. The van der Waals surface area contributed by atoms with Gasteiger partial charge in [0.05, 0.1) is 11.5 Å². The molecule has 1 aromatic rings. The maximum absolute atomic E-state index is 14.2. The summed E-state index contributed by atoms with van der Waals surface area (Å²) in [7, 11) is -2.86. The van der Waals surface area contributed by atoms with Gasteiger partial charge in [-0.05, 0) is 51.2 Å². The molecule has 0 saturated heterocycles. The lowest BCUT2D eigenvalue weighted by atomic mass is 9.85. The van der Waals surface area contributed by atoms with Crippen molar-refractivity contribution in [3.63, 3.8) is 0 Å². The number of Topliss-reactive ketones (excluding diaryl/α,β-unsaturated/α-hetero) is 1. The minimum atomic E-state index is -5.02. The Labute approximate surface area is 161 Å². The number of ether oxygens (including phenoxy) is 1. The Morgan fingerprint density at radius 2 is 1.54 bits per heavy atom. The smallest absolute Gasteiger partial charge is 0.384 e. The van der Waals surface area contributed by atoms with Crippen LogP contribution in [0, 0.1) is 0 Å². The molecule has 0 heterocycles. The van der Waals surface area contributed by atoms with E-state index in [9.17, 15) is 31.1 Å². The normalized spacial score (nSPS) is 16.5. The summed E-state index contributed by atoms with van der Waals surface area (Å²) in [5.74, 6) is -5.37. The van der Waals surface area contributed by atoms with Gasteiger partial charge in [0.15, 0.2) is 8.32 Å². The highest BCUT2D eigenvalue weighted by Gasteiger charge is 2.64. The van der Waals surface area contributed by atoms with Gasteiger partial charge >= 0.3 is 12.4 Å². The molecule has 0 aromatic heterocycles. The highest BCUT2D eigenvalue weighted by atomic mass is 28.4. The number of benzene rings is 1. The molecule has 0 fully saturated rings. The first-order valence-corrected chi connectivity index (χ1v) is 12.0. The number of hydrogen-bond acceptors (Lipinski definition) is 3. The van der Waals surface area contributed by atoms with E-state index in [4.69, 9.17) is 9.16 Å². The number of hydrogen-bond donors (Lipinski definition) is 0. The minimum Gasteiger partial charge on any atom is -0.384 e. The van der Waals surface area contributed by atoms with Crippen LogP contribution in [0.5, 0.6) is 0 Å². The Bertz CT molecular complexity index is 664.